The SMILES string of the molecule is CCCCCCNC(=O)NCc1ccccc1CC. The molecule has 3 heteroatoms. The van der Waals surface area contributed by atoms with Crippen LogP contribution in [0.5, 0.6) is 0 Å². The van der Waals surface area contributed by atoms with Crippen LogP contribution in [0.1, 0.15) is 50.7 Å². The van der Waals surface area contributed by atoms with Crippen molar-refractivity contribution in [1.82, 2.24) is 10.6 Å². The molecular weight excluding hydrogens is 236 g/mol. The monoisotopic (exact) mass is 262 g/mol. The number of hydrogen-bond acceptors (Lipinski definition) is 1. The Labute approximate surface area is 116 Å². The lowest BCUT2D eigenvalue weighted by Crippen LogP contribution is -2.35. The topological polar surface area (TPSA) is 41.1 Å². The van der Waals surface area contributed by atoms with E-state index in [0.717, 1.165) is 19.4 Å². The zero-order valence-electron chi connectivity index (χ0n) is 12.2. The zero-order valence-corrected chi connectivity index (χ0v) is 12.2. The van der Waals surface area contributed by atoms with E-state index in [-0.39, 0.29) is 6.03 Å². The second-order valence-corrected chi connectivity index (χ2v) is 4.79. The summed E-state index contributed by atoms with van der Waals surface area (Å²) in [4.78, 5) is 11.6. The van der Waals surface area contributed by atoms with E-state index >= 15 is 0 Å². The van der Waals surface area contributed by atoms with Crippen LogP contribution in [-0.4, -0.2) is 12.6 Å². The van der Waals surface area contributed by atoms with E-state index in [4.69, 9.17) is 0 Å². The third-order valence-electron chi connectivity index (χ3n) is 3.25. The summed E-state index contributed by atoms with van der Waals surface area (Å²) in [6.07, 6.45) is 5.71. The third kappa shape index (κ3) is 6.27. The van der Waals surface area contributed by atoms with Gasteiger partial charge in [-0.2, -0.15) is 0 Å². The fraction of sp³-hybridized carbons (Fsp3) is 0.562. The Balaban J connectivity index is 2.22. The van der Waals surface area contributed by atoms with Crippen molar-refractivity contribution in [2.75, 3.05) is 6.54 Å². The molecule has 0 unspecified atom stereocenters. The number of rotatable bonds is 8. The molecule has 0 aromatic heterocycles. The first kappa shape index (κ1) is 15.5. The highest BCUT2D eigenvalue weighted by Gasteiger charge is 2.02. The molecule has 0 aliphatic carbocycles. The summed E-state index contributed by atoms with van der Waals surface area (Å²) in [5.41, 5.74) is 2.50. The summed E-state index contributed by atoms with van der Waals surface area (Å²) in [6.45, 7) is 5.68. The van der Waals surface area contributed by atoms with E-state index in [1.54, 1.807) is 0 Å². The van der Waals surface area contributed by atoms with Crippen LogP contribution in [0.15, 0.2) is 24.3 Å². The van der Waals surface area contributed by atoms with Gasteiger partial charge in [-0.05, 0) is 24.0 Å². The number of urea groups is 1. The highest BCUT2D eigenvalue weighted by atomic mass is 16.2. The summed E-state index contributed by atoms with van der Waals surface area (Å²) in [6, 6.07) is 8.16. The van der Waals surface area contributed by atoms with Gasteiger partial charge in [-0.25, -0.2) is 4.79 Å². The van der Waals surface area contributed by atoms with E-state index in [0.29, 0.717) is 6.54 Å². The number of hydrogen-bond donors (Lipinski definition) is 2. The van der Waals surface area contributed by atoms with Gasteiger partial charge >= 0.3 is 6.03 Å². The van der Waals surface area contributed by atoms with Gasteiger partial charge < -0.3 is 10.6 Å². The maximum atomic E-state index is 11.6. The number of nitrogens with one attached hydrogen (secondary N) is 2. The van der Waals surface area contributed by atoms with Crippen LogP contribution in [0, 0.1) is 0 Å². The smallest absolute Gasteiger partial charge is 0.315 e. The average Bonchev–Trinajstić information content (AvgIpc) is 2.45. The molecule has 0 aliphatic heterocycles. The van der Waals surface area contributed by atoms with Gasteiger partial charge in [-0.1, -0.05) is 57.4 Å². The number of benzene rings is 1. The molecule has 0 fully saturated rings. The highest BCUT2D eigenvalue weighted by Crippen LogP contribution is 2.08. The van der Waals surface area contributed by atoms with Crippen LogP contribution in [0.2, 0.25) is 0 Å². The van der Waals surface area contributed by atoms with Crippen LogP contribution in [0.3, 0.4) is 0 Å². The van der Waals surface area contributed by atoms with Crippen molar-refractivity contribution in [2.45, 2.75) is 52.5 Å². The van der Waals surface area contributed by atoms with E-state index in [1.807, 2.05) is 12.1 Å². The molecule has 0 heterocycles. The van der Waals surface area contributed by atoms with Crippen LogP contribution in [0.25, 0.3) is 0 Å². The molecule has 1 aromatic carbocycles. The molecule has 0 aliphatic rings. The molecule has 2 amide bonds. The minimum Gasteiger partial charge on any atom is -0.338 e. The summed E-state index contributed by atoms with van der Waals surface area (Å²) < 4.78 is 0. The van der Waals surface area contributed by atoms with Crippen molar-refractivity contribution in [3.05, 3.63) is 35.4 Å². The molecule has 0 atom stereocenters. The zero-order chi connectivity index (χ0) is 13.9. The minimum absolute atomic E-state index is 0.0672. The summed E-state index contributed by atoms with van der Waals surface area (Å²) in [5, 5.41) is 5.81. The van der Waals surface area contributed by atoms with Crippen molar-refractivity contribution in [1.29, 1.82) is 0 Å². The third-order valence-corrected chi connectivity index (χ3v) is 3.25. The Kier molecular flexibility index (Phi) is 7.71. The first-order chi connectivity index (χ1) is 9.27. The van der Waals surface area contributed by atoms with Gasteiger partial charge in [-0.3, -0.25) is 0 Å². The molecule has 19 heavy (non-hydrogen) atoms. The predicted molar refractivity (Wildman–Crippen MR) is 80.2 cm³/mol. The molecule has 0 saturated heterocycles. The first-order valence-corrected chi connectivity index (χ1v) is 7.36. The Hall–Kier alpha value is -1.51. The first-order valence-electron chi connectivity index (χ1n) is 7.36. The van der Waals surface area contributed by atoms with Crippen molar-refractivity contribution >= 4 is 6.03 Å². The molecule has 1 aromatic rings. The van der Waals surface area contributed by atoms with Gasteiger partial charge in [0.2, 0.25) is 0 Å². The predicted octanol–water partition coefficient (Wildman–Crippen LogP) is 3.63. The molecule has 1 rings (SSSR count). The van der Waals surface area contributed by atoms with Crippen LogP contribution < -0.4 is 10.6 Å². The van der Waals surface area contributed by atoms with Gasteiger partial charge in [0.15, 0.2) is 0 Å². The number of unbranched alkanes of at least 4 members (excludes halogenated alkanes) is 3. The quantitative estimate of drug-likeness (QED) is 0.690. The van der Waals surface area contributed by atoms with Crippen molar-refractivity contribution in [3.8, 4) is 0 Å². The second kappa shape index (κ2) is 9.42. The van der Waals surface area contributed by atoms with Gasteiger partial charge in [0.1, 0.15) is 0 Å². The van der Waals surface area contributed by atoms with Crippen molar-refractivity contribution < 1.29 is 4.79 Å². The van der Waals surface area contributed by atoms with Crippen LogP contribution in [-0.2, 0) is 13.0 Å². The van der Waals surface area contributed by atoms with Crippen LogP contribution >= 0.6 is 0 Å². The number of amides is 2. The van der Waals surface area contributed by atoms with Gasteiger partial charge in [0.05, 0.1) is 0 Å². The molecule has 0 bridgehead atoms. The summed E-state index contributed by atoms with van der Waals surface area (Å²) >= 11 is 0. The summed E-state index contributed by atoms with van der Waals surface area (Å²) in [5.74, 6) is 0. The lowest BCUT2D eigenvalue weighted by molar-refractivity contribution is 0.240. The van der Waals surface area contributed by atoms with E-state index in [2.05, 4.69) is 36.6 Å². The molecule has 0 radical (unpaired) electrons. The van der Waals surface area contributed by atoms with E-state index in [1.165, 1.54) is 30.4 Å². The van der Waals surface area contributed by atoms with Crippen molar-refractivity contribution in [2.24, 2.45) is 0 Å². The largest absolute Gasteiger partial charge is 0.338 e. The number of carbonyl (C=O) groups excluding carboxylic acids is 1. The highest BCUT2D eigenvalue weighted by molar-refractivity contribution is 5.73. The molecule has 0 spiro atoms. The Morgan fingerprint density at radius 1 is 1.00 bits per heavy atom. The number of aryl methyl sites for hydroxylation is 1. The molecule has 0 saturated carbocycles. The minimum atomic E-state index is -0.0672. The molecule has 106 valence electrons. The lowest BCUT2D eigenvalue weighted by atomic mass is 10.1. The molecule has 2 N–H and O–H groups in total. The normalized spacial score (nSPS) is 10.2. The lowest BCUT2D eigenvalue weighted by Gasteiger charge is -2.10. The van der Waals surface area contributed by atoms with Crippen molar-refractivity contribution in [3.63, 3.8) is 0 Å². The standard InChI is InChI=1S/C16H26N2O/c1-3-5-6-9-12-17-16(19)18-13-15-11-8-7-10-14(15)4-2/h7-8,10-11H,3-6,9,12-13H2,1-2H3,(H2,17,18,19). The van der Waals surface area contributed by atoms with Gasteiger partial charge in [0, 0.05) is 13.1 Å². The fourth-order valence-electron chi connectivity index (χ4n) is 2.07. The Morgan fingerprint density at radius 3 is 2.42 bits per heavy atom. The molecular formula is C16H26N2O. The average molecular weight is 262 g/mol. The van der Waals surface area contributed by atoms with E-state index in [9.17, 15) is 4.79 Å². The molecule has 3 nitrogen and oxygen atoms in total. The van der Waals surface area contributed by atoms with Crippen LogP contribution in [0.4, 0.5) is 4.79 Å². The Morgan fingerprint density at radius 2 is 1.74 bits per heavy atom. The fourth-order valence-corrected chi connectivity index (χ4v) is 2.07. The second-order valence-electron chi connectivity index (χ2n) is 4.79. The number of carbonyl (C=O) groups is 1. The maximum absolute atomic E-state index is 11.6. The summed E-state index contributed by atoms with van der Waals surface area (Å²) in [7, 11) is 0. The van der Waals surface area contributed by atoms with E-state index < -0.39 is 0 Å². The van der Waals surface area contributed by atoms with Gasteiger partial charge in [-0.15, -0.1) is 0 Å². The maximum Gasteiger partial charge on any atom is 0.315 e. The van der Waals surface area contributed by atoms with Gasteiger partial charge in [0.25, 0.3) is 0 Å². The Bertz CT molecular complexity index is 377.